The first-order chi connectivity index (χ1) is 6.09. The molecule has 0 aliphatic carbocycles. The van der Waals surface area contributed by atoms with Crippen molar-refractivity contribution in [1.29, 1.82) is 0 Å². The molecule has 1 aromatic rings. The van der Waals surface area contributed by atoms with Crippen molar-refractivity contribution >= 4 is 17.3 Å². The van der Waals surface area contributed by atoms with Gasteiger partial charge in [0.1, 0.15) is 5.75 Å². The van der Waals surface area contributed by atoms with Crippen LogP contribution >= 0.6 is 11.6 Å². The number of rotatable bonds is 2. The van der Waals surface area contributed by atoms with Crippen LogP contribution in [0, 0.1) is 0 Å². The van der Waals surface area contributed by atoms with E-state index >= 15 is 0 Å². The number of halogens is 3. The van der Waals surface area contributed by atoms with Gasteiger partial charge in [0, 0.05) is 5.69 Å². The first-order valence-corrected chi connectivity index (χ1v) is 3.71. The molecule has 0 radical (unpaired) electrons. The number of nitrogen functional groups attached to an aromatic ring is 1. The maximum Gasteiger partial charge on any atom is 0.326 e. The molecule has 0 bridgehead atoms. The molecule has 0 aliphatic rings. The van der Waals surface area contributed by atoms with Crippen molar-refractivity contribution < 1.29 is 13.5 Å². The fourth-order valence-electron chi connectivity index (χ4n) is 0.678. The lowest BCUT2D eigenvalue weighted by atomic mass is 10.3. The minimum absolute atomic E-state index is 0.127. The predicted octanol–water partition coefficient (Wildman–Crippen LogP) is 2.95. The fourth-order valence-corrected chi connectivity index (χ4v) is 0.716. The molecule has 0 saturated carbocycles. The van der Waals surface area contributed by atoms with Crippen LogP contribution in [0.15, 0.2) is 35.6 Å². The zero-order chi connectivity index (χ0) is 9.84. The molecule has 0 amide bonds. The molecule has 0 heterocycles. The lowest BCUT2D eigenvalue weighted by molar-refractivity contribution is 0.285. The number of hydrogen-bond donors (Lipinski definition) is 1. The van der Waals surface area contributed by atoms with E-state index in [1.807, 2.05) is 0 Å². The van der Waals surface area contributed by atoms with Gasteiger partial charge >= 0.3 is 6.01 Å². The van der Waals surface area contributed by atoms with Crippen LogP contribution in [0.3, 0.4) is 0 Å². The lowest BCUT2D eigenvalue weighted by Crippen LogP contribution is -1.90. The summed E-state index contributed by atoms with van der Waals surface area (Å²) in [5.41, 5.74) is 5.86. The van der Waals surface area contributed by atoms with Crippen LogP contribution in [-0.4, -0.2) is 0 Å². The van der Waals surface area contributed by atoms with Crippen LogP contribution in [0.25, 0.3) is 0 Å². The van der Waals surface area contributed by atoms with Crippen molar-refractivity contribution in [2.75, 3.05) is 5.73 Å². The number of benzene rings is 1. The third-order valence-corrected chi connectivity index (χ3v) is 1.38. The van der Waals surface area contributed by atoms with Gasteiger partial charge in [-0.15, -0.1) is 0 Å². The molecule has 0 aromatic heterocycles. The Kier molecular flexibility index (Phi) is 3.08. The highest BCUT2D eigenvalue weighted by molar-refractivity contribution is 6.28. The lowest BCUT2D eigenvalue weighted by Gasteiger charge is -2.01. The SMILES string of the molecule is Nc1ccc(O/C(F)=C(/F)Cl)cc1. The van der Waals surface area contributed by atoms with Gasteiger partial charge in [-0.1, -0.05) is 0 Å². The van der Waals surface area contributed by atoms with Gasteiger partial charge in [0.2, 0.25) is 0 Å². The van der Waals surface area contributed by atoms with Gasteiger partial charge in [-0.05, 0) is 35.9 Å². The van der Waals surface area contributed by atoms with Crippen molar-refractivity contribution in [2.45, 2.75) is 0 Å². The van der Waals surface area contributed by atoms with Crippen LogP contribution in [0.1, 0.15) is 0 Å². The monoisotopic (exact) mass is 205 g/mol. The summed E-state index contributed by atoms with van der Waals surface area (Å²) < 4.78 is 28.8. The van der Waals surface area contributed by atoms with Gasteiger partial charge < -0.3 is 10.5 Å². The Balaban J connectivity index is 2.76. The molecule has 1 aromatic carbocycles. The van der Waals surface area contributed by atoms with E-state index < -0.39 is 11.3 Å². The highest BCUT2D eigenvalue weighted by Crippen LogP contribution is 2.20. The van der Waals surface area contributed by atoms with Crippen LogP contribution in [0.4, 0.5) is 14.5 Å². The Morgan fingerprint density at radius 1 is 1.23 bits per heavy atom. The molecule has 1 rings (SSSR count). The van der Waals surface area contributed by atoms with Crippen LogP contribution in [-0.2, 0) is 0 Å². The van der Waals surface area contributed by atoms with Gasteiger partial charge in [-0.25, -0.2) is 0 Å². The van der Waals surface area contributed by atoms with Gasteiger partial charge in [0.15, 0.2) is 0 Å². The molecule has 70 valence electrons. The van der Waals surface area contributed by atoms with Crippen LogP contribution in [0.2, 0.25) is 0 Å². The molecule has 13 heavy (non-hydrogen) atoms. The fraction of sp³-hybridized carbons (Fsp3) is 0. The highest BCUT2D eigenvalue weighted by Gasteiger charge is 2.05. The molecule has 2 N–H and O–H groups in total. The Morgan fingerprint density at radius 3 is 2.23 bits per heavy atom. The number of anilines is 1. The van der Waals surface area contributed by atoms with E-state index in [1.54, 1.807) is 0 Å². The maximum absolute atomic E-state index is 12.4. The summed E-state index contributed by atoms with van der Waals surface area (Å²) in [5.74, 6) is 0.127. The molecule has 0 atom stereocenters. The summed E-state index contributed by atoms with van der Waals surface area (Å²) in [6.45, 7) is 0. The van der Waals surface area contributed by atoms with E-state index in [1.165, 1.54) is 24.3 Å². The Morgan fingerprint density at radius 2 is 1.77 bits per heavy atom. The summed E-state index contributed by atoms with van der Waals surface area (Å²) in [6, 6.07) is 4.32. The van der Waals surface area contributed by atoms with Crippen molar-refractivity contribution in [2.24, 2.45) is 0 Å². The minimum atomic E-state index is -1.52. The average Bonchev–Trinajstić information content (AvgIpc) is 2.08. The highest BCUT2D eigenvalue weighted by atomic mass is 35.5. The standard InChI is InChI=1S/C8H6ClF2NO/c9-7(10)8(11)13-6-3-1-5(12)2-4-6/h1-4H,12H2/b8-7+. The minimum Gasteiger partial charge on any atom is -0.429 e. The van der Waals surface area contributed by atoms with Crippen molar-refractivity contribution in [1.82, 2.24) is 0 Å². The molecule has 0 unspecified atom stereocenters. The third-order valence-electron chi connectivity index (χ3n) is 1.24. The second-order valence-electron chi connectivity index (χ2n) is 2.21. The topological polar surface area (TPSA) is 35.2 Å². The average molecular weight is 206 g/mol. The van der Waals surface area contributed by atoms with Crippen LogP contribution in [0.5, 0.6) is 5.75 Å². The normalized spacial score (nSPS) is 12.2. The number of hydrogen-bond acceptors (Lipinski definition) is 2. The van der Waals surface area contributed by atoms with E-state index in [4.69, 9.17) is 17.3 Å². The van der Waals surface area contributed by atoms with Crippen molar-refractivity contribution in [3.05, 3.63) is 35.6 Å². The first-order valence-electron chi connectivity index (χ1n) is 3.34. The molecule has 0 aliphatic heterocycles. The quantitative estimate of drug-likeness (QED) is 0.595. The maximum atomic E-state index is 12.4. The summed E-state index contributed by atoms with van der Waals surface area (Å²) in [4.78, 5) is 0. The van der Waals surface area contributed by atoms with Gasteiger partial charge in [0.05, 0.1) is 0 Å². The summed E-state index contributed by atoms with van der Waals surface area (Å²) in [6.07, 6.45) is 0. The molecule has 5 heteroatoms. The van der Waals surface area contributed by atoms with Crippen LogP contribution < -0.4 is 10.5 Å². The Bertz CT molecular complexity index is 319. The molecule has 0 saturated heterocycles. The van der Waals surface area contributed by atoms with E-state index in [0.29, 0.717) is 5.69 Å². The largest absolute Gasteiger partial charge is 0.429 e. The second kappa shape index (κ2) is 4.09. The van der Waals surface area contributed by atoms with E-state index in [-0.39, 0.29) is 5.75 Å². The summed E-state index contributed by atoms with van der Waals surface area (Å²) >= 11 is 4.70. The number of ether oxygens (including phenoxy) is 1. The first kappa shape index (κ1) is 9.80. The zero-order valence-electron chi connectivity index (χ0n) is 6.43. The van der Waals surface area contributed by atoms with E-state index in [2.05, 4.69) is 4.74 Å². The molecule has 0 fully saturated rings. The Labute approximate surface area is 78.6 Å². The van der Waals surface area contributed by atoms with Gasteiger partial charge in [-0.2, -0.15) is 8.78 Å². The predicted molar refractivity (Wildman–Crippen MR) is 46.6 cm³/mol. The zero-order valence-corrected chi connectivity index (χ0v) is 7.18. The smallest absolute Gasteiger partial charge is 0.326 e. The molecular weight excluding hydrogens is 200 g/mol. The van der Waals surface area contributed by atoms with E-state index in [9.17, 15) is 8.78 Å². The molecular formula is C8H6ClF2NO. The second-order valence-corrected chi connectivity index (χ2v) is 2.54. The van der Waals surface area contributed by atoms with E-state index in [0.717, 1.165) is 0 Å². The number of nitrogens with two attached hydrogens (primary N) is 1. The Hall–Kier alpha value is -1.29. The molecule has 0 spiro atoms. The molecule has 2 nitrogen and oxygen atoms in total. The van der Waals surface area contributed by atoms with Crippen molar-refractivity contribution in [3.8, 4) is 5.75 Å². The van der Waals surface area contributed by atoms with Crippen molar-refractivity contribution in [3.63, 3.8) is 0 Å². The van der Waals surface area contributed by atoms with Gasteiger partial charge in [-0.3, -0.25) is 0 Å². The summed E-state index contributed by atoms with van der Waals surface area (Å²) in [7, 11) is 0. The van der Waals surface area contributed by atoms with Gasteiger partial charge in [0.25, 0.3) is 5.29 Å². The third kappa shape index (κ3) is 2.91. The summed E-state index contributed by atoms with van der Waals surface area (Å²) in [5, 5.41) is -1.52.